The van der Waals surface area contributed by atoms with Crippen molar-refractivity contribution in [3.05, 3.63) is 29.1 Å². The molecule has 0 aromatic carbocycles. The summed E-state index contributed by atoms with van der Waals surface area (Å²) in [4.78, 5) is 23.5. The second-order valence-electron chi connectivity index (χ2n) is 5.81. The van der Waals surface area contributed by atoms with Crippen LogP contribution in [0.1, 0.15) is 61.6 Å². The standard InChI is InChI=1S/C17H25N3O3/c1-2-6-14-11-15(20-19-14)17(22)23-12-16(21)18-10-9-13-7-4-3-5-8-13/h7,11H,2-6,8-10,12H2,1H3,(H,18,21)(H,19,20). The van der Waals surface area contributed by atoms with Gasteiger partial charge >= 0.3 is 5.97 Å². The number of nitrogens with zero attached hydrogens (tertiary/aromatic N) is 1. The van der Waals surface area contributed by atoms with Crippen LogP contribution < -0.4 is 5.32 Å². The monoisotopic (exact) mass is 319 g/mol. The molecule has 0 radical (unpaired) electrons. The first kappa shape index (κ1) is 17.2. The van der Waals surface area contributed by atoms with Gasteiger partial charge in [0.05, 0.1) is 0 Å². The summed E-state index contributed by atoms with van der Waals surface area (Å²) in [7, 11) is 0. The largest absolute Gasteiger partial charge is 0.451 e. The van der Waals surface area contributed by atoms with Crippen LogP contribution in [0.4, 0.5) is 0 Å². The number of nitrogens with one attached hydrogen (secondary N) is 2. The molecule has 1 aliphatic rings. The number of ether oxygens (including phenoxy) is 1. The van der Waals surface area contributed by atoms with E-state index in [0.717, 1.165) is 37.8 Å². The minimum Gasteiger partial charge on any atom is -0.451 e. The van der Waals surface area contributed by atoms with Gasteiger partial charge < -0.3 is 10.1 Å². The fourth-order valence-corrected chi connectivity index (χ4v) is 2.61. The van der Waals surface area contributed by atoms with E-state index >= 15 is 0 Å². The zero-order valence-electron chi connectivity index (χ0n) is 13.7. The van der Waals surface area contributed by atoms with Crippen molar-refractivity contribution in [2.75, 3.05) is 13.2 Å². The highest BCUT2D eigenvalue weighted by molar-refractivity contribution is 5.89. The van der Waals surface area contributed by atoms with Crippen molar-refractivity contribution in [2.45, 2.75) is 51.9 Å². The third-order valence-corrected chi connectivity index (χ3v) is 3.85. The molecule has 1 aromatic heterocycles. The molecule has 2 N–H and O–H groups in total. The van der Waals surface area contributed by atoms with Gasteiger partial charge in [0.2, 0.25) is 0 Å². The van der Waals surface area contributed by atoms with Crippen molar-refractivity contribution in [2.24, 2.45) is 0 Å². The lowest BCUT2D eigenvalue weighted by atomic mass is 9.97. The number of aromatic amines is 1. The summed E-state index contributed by atoms with van der Waals surface area (Å²) >= 11 is 0. The van der Waals surface area contributed by atoms with Crippen molar-refractivity contribution < 1.29 is 14.3 Å². The number of H-pyrrole nitrogens is 1. The number of rotatable bonds is 8. The molecule has 0 fully saturated rings. The minimum atomic E-state index is -0.575. The Hall–Kier alpha value is -2.11. The van der Waals surface area contributed by atoms with E-state index < -0.39 is 5.97 Å². The number of carbonyl (C=O) groups is 2. The maximum Gasteiger partial charge on any atom is 0.359 e. The van der Waals surface area contributed by atoms with E-state index in [-0.39, 0.29) is 18.2 Å². The molecule has 6 heteroatoms. The van der Waals surface area contributed by atoms with Gasteiger partial charge in [0.15, 0.2) is 12.3 Å². The molecule has 1 amide bonds. The van der Waals surface area contributed by atoms with E-state index in [0.29, 0.717) is 6.54 Å². The summed E-state index contributed by atoms with van der Waals surface area (Å²) in [6, 6.07) is 1.67. The third kappa shape index (κ3) is 5.88. The number of hydrogen-bond acceptors (Lipinski definition) is 4. The highest BCUT2D eigenvalue weighted by Gasteiger charge is 2.13. The predicted molar refractivity (Wildman–Crippen MR) is 87.0 cm³/mol. The molecule has 0 saturated carbocycles. The van der Waals surface area contributed by atoms with Crippen LogP contribution in [0.15, 0.2) is 17.7 Å². The number of esters is 1. The molecule has 0 aliphatic heterocycles. The average Bonchev–Trinajstić information content (AvgIpc) is 3.03. The topological polar surface area (TPSA) is 84.1 Å². The highest BCUT2D eigenvalue weighted by atomic mass is 16.5. The van der Waals surface area contributed by atoms with E-state index in [1.807, 2.05) is 6.92 Å². The molecule has 1 aliphatic carbocycles. The van der Waals surface area contributed by atoms with Crippen LogP contribution in [0.3, 0.4) is 0 Å². The van der Waals surface area contributed by atoms with Crippen molar-refractivity contribution in [1.29, 1.82) is 0 Å². The van der Waals surface area contributed by atoms with Gasteiger partial charge in [-0.2, -0.15) is 5.10 Å². The quantitative estimate of drug-likeness (QED) is 0.569. The Morgan fingerprint density at radius 1 is 1.35 bits per heavy atom. The molecule has 1 heterocycles. The molecule has 126 valence electrons. The van der Waals surface area contributed by atoms with Crippen LogP contribution in [0.25, 0.3) is 0 Å². The molecule has 1 aromatic rings. The predicted octanol–water partition coefficient (Wildman–Crippen LogP) is 2.53. The van der Waals surface area contributed by atoms with Crippen LogP contribution in [-0.2, 0) is 16.0 Å². The summed E-state index contributed by atoms with van der Waals surface area (Å²) < 4.78 is 4.98. The Labute approximate surface area is 136 Å². The molecule has 2 rings (SSSR count). The van der Waals surface area contributed by atoms with Gasteiger partial charge in [0, 0.05) is 12.2 Å². The Kier molecular flexibility index (Phi) is 6.84. The summed E-state index contributed by atoms with van der Waals surface area (Å²) in [6.07, 6.45) is 9.71. The lowest BCUT2D eigenvalue weighted by Crippen LogP contribution is -2.30. The summed E-state index contributed by atoms with van der Waals surface area (Å²) in [5.41, 5.74) is 2.52. The lowest BCUT2D eigenvalue weighted by molar-refractivity contribution is -0.124. The molecular formula is C17H25N3O3. The van der Waals surface area contributed by atoms with Crippen molar-refractivity contribution >= 4 is 11.9 Å². The molecule has 0 bridgehead atoms. The Morgan fingerprint density at radius 2 is 2.22 bits per heavy atom. The second-order valence-corrected chi connectivity index (χ2v) is 5.81. The first-order chi connectivity index (χ1) is 11.2. The number of aryl methyl sites for hydroxylation is 1. The van der Waals surface area contributed by atoms with E-state index in [9.17, 15) is 9.59 Å². The van der Waals surface area contributed by atoms with Crippen LogP contribution in [0, 0.1) is 0 Å². The first-order valence-corrected chi connectivity index (χ1v) is 8.35. The smallest absolute Gasteiger partial charge is 0.359 e. The number of aromatic nitrogens is 2. The molecule has 23 heavy (non-hydrogen) atoms. The SMILES string of the molecule is CCCc1cc(C(=O)OCC(=O)NCCC2=CCCCC2)n[nH]1. The van der Waals surface area contributed by atoms with Gasteiger partial charge in [-0.1, -0.05) is 25.0 Å². The maximum atomic E-state index is 11.8. The van der Waals surface area contributed by atoms with Crippen molar-refractivity contribution in [1.82, 2.24) is 15.5 Å². The Balaban J connectivity index is 1.64. The zero-order chi connectivity index (χ0) is 16.5. The molecule has 0 saturated heterocycles. The van der Waals surface area contributed by atoms with Gasteiger partial charge in [-0.05, 0) is 44.6 Å². The van der Waals surface area contributed by atoms with Crippen LogP contribution in [0.2, 0.25) is 0 Å². The van der Waals surface area contributed by atoms with Gasteiger partial charge in [-0.25, -0.2) is 4.79 Å². The highest BCUT2D eigenvalue weighted by Crippen LogP contribution is 2.19. The molecular weight excluding hydrogens is 294 g/mol. The summed E-state index contributed by atoms with van der Waals surface area (Å²) in [5.74, 6) is -0.854. The number of hydrogen-bond donors (Lipinski definition) is 2. The summed E-state index contributed by atoms with van der Waals surface area (Å²) in [5, 5.41) is 9.46. The van der Waals surface area contributed by atoms with E-state index in [4.69, 9.17) is 4.74 Å². The fraction of sp³-hybridized carbons (Fsp3) is 0.588. The van der Waals surface area contributed by atoms with E-state index in [1.54, 1.807) is 6.07 Å². The number of amides is 1. The third-order valence-electron chi connectivity index (χ3n) is 3.85. The van der Waals surface area contributed by atoms with E-state index in [2.05, 4.69) is 21.6 Å². The summed E-state index contributed by atoms with van der Waals surface area (Å²) in [6.45, 7) is 2.37. The van der Waals surface area contributed by atoms with Crippen molar-refractivity contribution in [3.8, 4) is 0 Å². The normalized spacial score (nSPS) is 14.2. The van der Waals surface area contributed by atoms with Crippen LogP contribution in [0.5, 0.6) is 0 Å². The van der Waals surface area contributed by atoms with Gasteiger partial charge in [-0.3, -0.25) is 9.89 Å². The molecule has 0 atom stereocenters. The average molecular weight is 319 g/mol. The van der Waals surface area contributed by atoms with Crippen LogP contribution in [-0.4, -0.2) is 35.2 Å². The molecule has 0 spiro atoms. The molecule has 6 nitrogen and oxygen atoms in total. The minimum absolute atomic E-state index is 0.216. The zero-order valence-corrected chi connectivity index (χ0v) is 13.7. The number of allylic oxidation sites excluding steroid dienone is 1. The Morgan fingerprint density at radius 3 is 2.96 bits per heavy atom. The fourth-order valence-electron chi connectivity index (χ4n) is 2.61. The Bertz CT molecular complexity index is 563. The van der Waals surface area contributed by atoms with Gasteiger partial charge in [0.25, 0.3) is 5.91 Å². The second kappa shape index (κ2) is 9.12. The first-order valence-electron chi connectivity index (χ1n) is 8.35. The van der Waals surface area contributed by atoms with E-state index in [1.165, 1.54) is 18.4 Å². The lowest BCUT2D eigenvalue weighted by Gasteiger charge is -2.12. The van der Waals surface area contributed by atoms with Crippen LogP contribution >= 0.6 is 0 Å². The number of carbonyl (C=O) groups excluding carboxylic acids is 2. The van der Waals surface area contributed by atoms with Crippen molar-refractivity contribution in [3.63, 3.8) is 0 Å². The maximum absolute atomic E-state index is 11.8. The van der Waals surface area contributed by atoms with Gasteiger partial charge in [-0.15, -0.1) is 0 Å². The van der Waals surface area contributed by atoms with Gasteiger partial charge in [0.1, 0.15) is 0 Å². The molecule has 0 unspecified atom stereocenters.